The summed E-state index contributed by atoms with van der Waals surface area (Å²) in [5, 5.41) is 20.6. The van der Waals surface area contributed by atoms with Crippen LogP contribution in [0.3, 0.4) is 0 Å². The van der Waals surface area contributed by atoms with Gasteiger partial charge in [0.1, 0.15) is 11.3 Å². The summed E-state index contributed by atoms with van der Waals surface area (Å²) < 4.78 is 58.5. The van der Waals surface area contributed by atoms with Crippen molar-refractivity contribution < 1.29 is 47.1 Å². The van der Waals surface area contributed by atoms with Crippen molar-refractivity contribution in [2.24, 2.45) is 11.8 Å². The molecule has 4 rings (SSSR count). The third kappa shape index (κ3) is 12.5. The number of aliphatic hydroxyl groups is 2. The Balaban J connectivity index is 1.44. The number of sulfone groups is 1. The first-order valence-electron chi connectivity index (χ1n) is 19.7. The second-order valence-electron chi connectivity index (χ2n) is 17.3. The summed E-state index contributed by atoms with van der Waals surface area (Å²) in [5.74, 6) is -0.984. The maximum Gasteiger partial charge on any atom is 0.412 e. The maximum absolute atomic E-state index is 13.9. The zero-order valence-electron chi connectivity index (χ0n) is 34.2. The van der Waals surface area contributed by atoms with Crippen molar-refractivity contribution in [1.82, 2.24) is 4.90 Å². The Bertz CT molecular complexity index is 1560. The molecule has 0 radical (unpaired) electrons. The molecule has 0 aliphatic carbocycles. The molecule has 55 heavy (non-hydrogen) atoms. The zero-order valence-corrected chi connectivity index (χ0v) is 35.7. The molecule has 13 heteroatoms. The lowest BCUT2D eigenvalue weighted by molar-refractivity contribution is -0.0953. The Kier molecular flexibility index (Phi) is 15.9. The third-order valence-electron chi connectivity index (χ3n) is 11.1. The van der Waals surface area contributed by atoms with E-state index >= 15 is 0 Å². The van der Waals surface area contributed by atoms with Gasteiger partial charge in [-0.2, -0.15) is 0 Å². The number of carbonyl (C=O) groups excluding carboxylic acids is 1. The minimum Gasteiger partial charge on any atom is -0.444 e. The number of benzene rings is 1. The molecule has 1 aromatic carbocycles. The van der Waals surface area contributed by atoms with Crippen LogP contribution in [0.1, 0.15) is 98.5 Å². The summed E-state index contributed by atoms with van der Waals surface area (Å²) in [6.07, 6.45) is 1.05. The predicted octanol–water partition coefficient (Wildman–Crippen LogP) is 7.14. The minimum atomic E-state index is -3.77. The fourth-order valence-electron chi connectivity index (χ4n) is 8.11. The molecule has 10 atom stereocenters. The number of methoxy groups -OCH3 is 1. The topological polar surface area (TPSA) is 141 Å². The molecule has 0 bridgehead atoms. The number of carbonyl (C=O) groups is 1. The highest BCUT2D eigenvalue weighted by Crippen LogP contribution is 2.40. The van der Waals surface area contributed by atoms with E-state index in [1.165, 1.54) is 0 Å². The molecule has 11 nitrogen and oxygen atoms in total. The van der Waals surface area contributed by atoms with E-state index in [0.717, 1.165) is 30.4 Å². The van der Waals surface area contributed by atoms with Gasteiger partial charge in [-0.3, -0.25) is 4.90 Å². The lowest BCUT2D eigenvalue weighted by Crippen LogP contribution is -2.46. The number of nitrogens with zero attached hydrogens (tertiary/aromatic N) is 1. The second-order valence-corrected chi connectivity index (χ2v) is 19.9. The van der Waals surface area contributed by atoms with E-state index in [1.54, 1.807) is 36.3 Å². The quantitative estimate of drug-likeness (QED) is 0.116. The van der Waals surface area contributed by atoms with Crippen molar-refractivity contribution in [3.05, 3.63) is 54.1 Å². The largest absolute Gasteiger partial charge is 0.444 e. The first-order chi connectivity index (χ1) is 25.6. The number of aliphatic hydroxyl groups excluding tert-OH is 2. The molecule has 3 aliphatic rings. The third-order valence-corrected chi connectivity index (χ3v) is 13.3. The highest BCUT2D eigenvalue weighted by Gasteiger charge is 2.51. The molecule has 2 N–H and O–H groups in total. The highest BCUT2D eigenvalue weighted by molar-refractivity contribution is 7.91. The average molecular weight is 813 g/mol. The van der Waals surface area contributed by atoms with Crippen LogP contribution in [-0.2, 0) is 33.5 Å². The monoisotopic (exact) mass is 811 g/mol. The molecule has 1 unspecified atom stereocenters. The highest BCUT2D eigenvalue weighted by atomic mass is 35.5. The van der Waals surface area contributed by atoms with Crippen molar-refractivity contribution in [3.8, 4) is 0 Å². The van der Waals surface area contributed by atoms with Crippen LogP contribution in [0.15, 0.2) is 53.5 Å². The molecule has 3 fully saturated rings. The van der Waals surface area contributed by atoms with Crippen LogP contribution in [0.2, 0.25) is 0 Å². The van der Waals surface area contributed by atoms with Crippen molar-refractivity contribution in [1.29, 1.82) is 0 Å². The number of ether oxygens (including phenoxy) is 5. The van der Waals surface area contributed by atoms with Gasteiger partial charge in [0.25, 0.3) is 0 Å². The fraction of sp³-hybridized carbons (Fsp3) is 0.738. The van der Waals surface area contributed by atoms with E-state index in [0.29, 0.717) is 31.3 Å². The van der Waals surface area contributed by atoms with Crippen LogP contribution in [0.5, 0.6) is 0 Å². The van der Waals surface area contributed by atoms with E-state index in [1.807, 2.05) is 48.5 Å². The molecule has 0 spiro atoms. The van der Waals surface area contributed by atoms with Gasteiger partial charge < -0.3 is 33.9 Å². The summed E-state index contributed by atoms with van der Waals surface area (Å²) >= 11 is 6.83. The molecule has 0 aromatic heterocycles. The molecule has 1 aromatic rings. The normalized spacial score (nSPS) is 28.7. The number of amides is 1. The van der Waals surface area contributed by atoms with Crippen LogP contribution in [0.25, 0.3) is 0 Å². The summed E-state index contributed by atoms with van der Waals surface area (Å²) in [7, 11) is -2.22. The summed E-state index contributed by atoms with van der Waals surface area (Å²) in [4.78, 5) is 14.9. The van der Waals surface area contributed by atoms with Gasteiger partial charge in [-0.25, -0.2) is 13.2 Å². The molecule has 3 aliphatic heterocycles. The lowest BCUT2D eigenvalue weighted by atomic mass is 9.86. The second kappa shape index (κ2) is 19.1. The Morgan fingerprint density at radius 1 is 1.13 bits per heavy atom. The predicted molar refractivity (Wildman–Crippen MR) is 214 cm³/mol. The lowest BCUT2D eigenvalue weighted by Gasteiger charge is -2.31. The van der Waals surface area contributed by atoms with E-state index in [4.69, 9.17) is 40.4 Å². The van der Waals surface area contributed by atoms with Gasteiger partial charge in [0.2, 0.25) is 0 Å². The number of alkyl halides is 1. The van der Waals surface area contributed by atoms with E-state index in [-0.39, 0.29) is 53.7 Å². The average Bonchev–Trinajstić information content (AvgIpc) is 3.71. The smallest absolute Gasteiger partial charge is 0.412 e. The van der Waals surface area contributed by atoms with Crippen LogP contribution < -0.4 is 0 Å². The number of aryl methyl sites for hydroxylation is 1. The van der Waals surface area contributed by atoms with Gasteiger partial charge in [0.15, 0.2) is 9.84 Å². The first kappa shape index (κ1) is 45.7. The Morgan fingerprint density at radius 2 is 1.80 bits per heavy atom. The molecule has 0 saturated carbocycles. The Hall–Kier alpha value is -2.03. The van der Waals surface area contributed by atoms with Crippen LogP contribution in [-0.4, -0.2) is 115 Å². The molecule has 1 amide bonds. The zero-order chi connectivity index (χ0) is 40.9. The number of hydrogen-bond donors (Lipinski definition) is 2. The fourth-order valence-corrected chi connectivity index (χ4v) is 10.2. The number of hydrogen-bond acceptors (Lipinski definition) is 10. The minimum absolute atomic E-state index is 0.0514. The van der Waals surface area contributed by atoms with E-state index in [2.05, 4.69) is 13.2 Å². The standard InChI is InChI=1S/C42H66ClNO10S/c1-26-13-16-33(17-14-26)55(48,49)25-34-37(52-38(39(34)50-10)22-32-24-44(42(8,9)53-32)40(47)54-41(5,6)7)23-35(46)29(4)27(2)20-30(43)15-18-36-28(3)21-31(51-36)12-11-19-45/h13-14,16-17,27,30-32,34-39,45-46H,3-4,11-12,15,18-25H2,1-2,5-10H3/t27-,30+,31+,32+,34+,35?,36+,37+,38-,39-/m1/s1. The van der Waals surface area contributed by atoms with Gasteiger partial charge in [0, 0.05) is 37.9 Å². The van der Waals surface area contributed by atoms with Crippen molar-refractivity contribution in [2.45, 2.75) is 164 Å². The summed E-state index contributed by atoms with van der Waals surface area (Å²) in [6, 6.07) is 6.77. The number of halogens is 1. The molecular weight excluding hydrogens is 746 g/mol. The first-order valence-corrected chi connectivity index (χ1v) is 21.8. The van der Waals surface area contributed by atoms with Gasteiger partial charge in [-0.1, -0.05) is 37.8 Å². The van der Waals surface area contributed by atoms with Crippen molar-refractivity contribution in [3.63, 3.8) is 0 Å². The maximum atomic E-state index is 13.9. The van der Waals surface area contributed by atoms with E-state index < -0.39 is 63.7 Å². The molecule has 3 heterocycles. The van der Waals surface area contributed by atoms with E-state index in [9.17, 15) is 18.3 Å². The molecule has 312 valence electrons. The Morgan fingerprint density at radius 3 is 2.42 bits per heavy atom. The molecule has 3 saturated heterocycles. The van der Waals surface area contributed by atoms with Gasteiger partial charge in [-0.15, -0.1) is 11.6 Å². The van der Waals surface area contributed by atoms with Crippen LogP contribution >= 0.6 is 11.6 Å². The summed E-state index contributed by atoms with van der Waals surface area (Å²) in [6.45, 7) is 21.8. The van der Waals surface area contributed by atoms with Gasteiger partial charge in [0.05, 0.1) is 59.9 Å². The van der Waals surface area contributed by atoms with Gasteiger partial charge >= 0.3 is 6.09 Å². The SMILES string of the molecule is C=C(C(O)C[C@@H]1O[C@H](C[C@H]2CN(C(=O)OC(C)(C)C)C(C)(C)O2)[C@H](OC)[C@H]1CS(=O)(=O)c1ccc(C)cc1)[C@H](C)C[C@@H](Cl)CC[C@@H]1O[C@@H](CCCO)CC1=C. The van der Waals surface area contributed by atoms with Gasteiger partial charge in [-0.05, 0) is 109 Å². The molecular formula is C42H66ClNO10S. The van der Waals surface area contributed by atoms with Crippen LogP contribution in [0, 0.1) is 18.8 Å². The summed E-state index contributed by atoms with van der Waals surface area (Å²) in [5.41, 5.74) is 0.999. The van der Waals surface area contributed by atoms with Crippen molar-refractivity contribution >= 4 is 27.5 Å². The Labute approximate surface area is 334 Å². The van der Waals surface area contributed by atoms with Crippen LogP contribution in [0.4, 0.5) is 4.79 Å². The van der Waals surface area contributed by atoms with Crippen molar-refractivity contribution in [2.75, 3.05) is 26.0 Å². The number of rotatable bonds is 18.